The molecular formula is C15H17ClOS. The predicted octanol–water partition coefficient (Wildman–Crippen LogP) is 4.68. The topological polar surface area (TPSA) is 20.2 Å². The van der Waals surface area contributed by atoms with E-state index in [-0.39, 0.29) is 0 Å². The van der Waals surface area contributed by atoms with Gasteiger partial charge in [0.1, 0.15) is 6.10 Å². The monoisotopic (exact) mass is 280 g/mol. The van der Waals surface area contributed by atoms with Gasteiger partial charge in [0.2, 0.25) is 0 Å². The van der Waals surface area contributed by atoms with Crippen molar-refractivity contribution < 1.29 is 5.11 Å². The van der Waals surface area contributed by atoms with Crippen molar-refractivity contribution in [2.75, 3.05) is 0 Å². The van der Waals surface area contributed by atoms with Crippen molar-refractivity contribution in [3.05, 3.63) is 56.7 Å². The molecule has 0 radical (unpaired) electrons. The number of aliphatic hydroxyl groups is 1. The van der Waals surface area contributed by atoms with Gasteiger partial charge in [-0.2, -0.15) is 0 Å². The second kappa shape index (κ2) is 5.87. The third-order valence-corrected chi connectivity index (χ3v) is 4.06. The van der Waals surface area contributed by atoms with Crippen molar-refractivity contribution in [1.82, 2.24) is 0 Å². The van der Waals surface area contributed by atoms with Crippen molar-refractivity contribution in [2.45, 2.75) is 26.4 Å². The fourth-order valence-electron chi connectivity index (χ4n) is 2.00. The standard InChI is InChI=1S/C15H17ClOS/c1-10(2)8-11-4-3-5-12(9-11)15(17)13-6-7-14(16)18-13/h3-7,9-10,15,17H,8H2,1-2H3. The van der Waals surface area contributed by atoms with Gasteiger partial charge in [0.25, 0.3) is 0 Å². The zero-order valence-electron chi connectivity index (χ0n) is 10.6. The van der Waals surface area contributed by atoms with E-state index in [1.165, 1.54) is 16.9 Å². The zero-order valence-corrected chi connectivity index (χ0v) is 12.1. The molecule has 2 aromatic rings. The lowest BCUT2D eigenvalue weighted by molar-refractivity contribution is 0.224. The maximum Gasteiger partial charge on any atom is 0.113 e. The molecule has 18 heavy (non-hydrogen) atoms. The second-order valence-corrected chi connectivity index (χ2v) is 6.63. The van der Waals surface area contributed by atoms with Gasteiger partial charge in [0.05, 0.1) is 4.34 Å². The van der Waals surface area contributed by atoms with Crippen LogP contribution in [0.15, 0.2) is 36.4 Å². The Morgan fingerprint density at radius 2 is 2.00 bits per heavy atom. The summed E-state index contributed by atoms with van der Waals surface area (Å²) in [4.78, 5) is 0.890. The lowest BCUT2D eigenvalue weighted by Crippen LogP contribution is -2.00. The van der Waals surface area contributed by atoms with Gasteiger partial charge in [-0.05, 0) is 35.6 Å². The molecule has 0 saturated carbocycles. The van der Waals surface area contributed by atoms with Gasteiger partial charge >= 0.3 is 0 Å². The van der Waals surface area contributed by atoms with Crippen molar-refractivity contribution in [3.63, 3.8) is 0 Å². The third kappa shape index (κ3) is 3.35. The fourth-order valence-corrected chi connectivity index (χ4v) is 3.08. The average molecular weight is 281 g/mol. The Kier molecular flexibility index (Phi) is 4.44. The van der Waals surface area contributed by atoms with Crippen LogP contribution < -0.4 is 0 Å². The first kappa shape index (κ1) is 13.6. The van der Waals surface area contributed by atoms with E-state index < -0.39 is 6.10 Å². The zero-order chi connectivity index (χ0) is 13.1. The number of hydrogen-bond acceptors (Lipinski definition) is 2. The van der Waals surface area contributed by atoms with Crippen LogP contribution in [0.25, 0.3) is 0 Å². The van der Waals surface area contributed by atoms with Gasteiger partial charge in [-0.3, -0.25) is 0 Å². The van der Waals surface area contributed by atoms with Crippen LogP contribution in [0.1, 0.15) is 36.0 Å². The average Bonchev–Trinajstić information content (AvgIpc) is 2.74. The maximum absolute atomic E-state index is 10.3. The number of hydrogen-bond donors (Lipinski definition) is 1. The summed E-state index contributed by atoms with van der Waals surface area (Å²) < 4.78 is 0.711. The Labute approximate surface area is 117 Å². The van der Waals surface area contributed by atoms with Crippen molar-refractivity contribution in [3.8, 4) is 0 Å². The minimum absolute atomic E-state index is 0.574. The predicted molar refractivity (Wildman–Crippen MR) is 78.4 cm³/mol. The highest BCUT2D eigenvalue weighted by Gasteiger charge is 2.13. The van der Waals surface area contributed by atoms with Gasteiger partial charge in [-0.1, -0.05) is 49.7 Å². The molecule has 0 aliphatic heterocycles. The molecule has 1 atom stereocenters. The molecule has 0 aliphatic rings. The summed E-state index contributed by atoms with van der Waals surface area (Å²) in [5, 5.41) is 10.3. The number of rotatable bonds is 4. The molecule has 0 saturated heterocycles. The molecule has 0 fully saturated rings. The van der Waals surface area contributed by atoms with Crippen LogP contribution >= 0.6 is 22.9 Å². The van der Waals surface area contributed by atoms with Gasteiger partial charge in [0.15, 0.2) is 0 Å². The van der Waals surface area contributed by atoms with E-state index in [2.05, 4.69) is 26.0 Å². The van der Waals surface area contributed by atoms with Gasteiger partial charge in [0, 0.05) is 4.88 Å². The summed E-state index contributed by atoms with van der Waals surface area (Å²) in [7, 11) is 0. The summed E-state index contributed by atoms with van der Waals surface area (Å²) in [5.74, 6) is 0.619. The SMILES string of the molecule is CC(C)Cc1cccc(C(O)c2ccc(Cl)s2)c1. The molecule has 2 rings (SSSR count). The quantitative estimate of drug-likeness (QED) is 0.862. The van der Waals surface area contributed by atoms with E-state index in [0.717, 1.165) is 16.9 Å². The molecule has 1 aromatic heterocycles. The fraction of sp³-hybridized carbons (Fsp3) is 0.333. The second-order valence-electron chi connectivity index (χ2n) is 4.89. The highest BCUT2D eigenvalue weighted by molar-refractivity contribution is 7.16. The molecule has 3 heteroatoms. The number of benzene rings is 1. The number of halogens is 1. The lowest BCUT2D eigenvalue weighted by Gasteiger charge is -2.11. The van der Waals surface area contributed by atoms with E-state index in [1.54, 1.807) is 0 Å². The molecule has 1 nitrogen and oxygen atoms in total. The number of aliphatic hydroxyl groups excluding tert-OH is 1. The van der Waals surface area contributed by atoms with Crippen LogP contribution in [0.4, 0.5) is 0 Å². The lowest BCUT2D eigenvalue weighted by atomic mass is 9.99. The van der Waals surface area contributed by atoms with Crippen LogP contribution in [-0.4, -0.2) is 5.11 Å². The van der Waals surface area contributed by atoms with E-state index in [1.807, 2.05) is 24.3 Å². The van der Waals surface area contributed by atoms with E-state index >= 15 is 0 Å². The Hall–Kier alpha value is -0.830. The van der Waals surface area contributed by atoms with Crippen LogP contribution in [0.5, 0.6) is 0 Å². The Balaban J connectivity index is 2.22. The van der Waals surface area contributed by atoms with Gasteiger partial charge in [-0.15, -0.1) is 11.3 Å². The van der Waals surface area contributed by atoms with Crippen LogP contribution in [0.2, 0.25) is 4.34 Å². The molecule has 0 amide bonds. The van der Waals surface area contributed by atoms with E-state index in [4.69, 9.17) is 11.6 Å². The normalized spacial score (nSPS) is 12.9. The smallest absolute Gasteiger partial charge is 0.113 e. The Morgan fingerprint density at radius 1 is 1.22 bits per heavy atom. The maximum atomic E-state index is 10.3. The van der Waals surface area contributed by atoms with Crippen LogP contribution in [0.3, 0.4) is 0 Å². The van der Waals surface area contributed by atoms with Gasteiger partial charge in [-0.25, -0.2) is 0 Å². The summed E-state index contributed by atoms with van der Waals surface area (Å²) in [6.45, 7) is 4.39. The minimum Gasteiger partial charge on any atom is -0.383 e. The molecular weight excluding hydrogens is 264 g/mol. The third-order valence-electron chi connectivity index (χ3n) is 2.77. The molecule has 0 spiro atoms. The highest BCUT2D eigenvalue weighted by atomic mass is 35.5. The summed E-state index contributed by atoms with van der Waals surface area (Å²) in [5.41, 5.74) is 2.20. The van der Waals surface area contributed by atoms with Crippen molar-refractivity contribution in [2.24, 2.45) is 5.92 Å². The first-order chi connectivity index (χ1) is 8.56. The largest absolute Gasteiger partial charge is 0.383 e. The molecule has 1 unspecified atom stereocenters. The first-order valence-corrected chi connectivity index (χ1v) is 7.28. The van der Waals surface area contributed by atoms with Crippen molar-refractivity contribution in [1.29, 1.82) is 0 Å². The van der Waals surface area contributed by atoms with E-state index in [9.17, 15) is 5.11 Å². The minimum atomic E-state index is -0.574. The first-order valence-electron chi connectivity index (χ1n) is 6.08. The number of thiophene rings is 1. The highest BCUT2D eigenvalue weighted by Crippen LogP contribution is 2.31. The Bertz CT molecular complexity index is 519. The van der Waals surface area contributed by atoms with Crippen molar-refractivity contribution >= 4 is 22.9 Å². The summed E-state index contributed by atoms with van der Waals surface area (Å²) in [6.07, 6.45) is 0.459. The molecule has 0 aliphatic carbocycles. The molecule has 1 N–H and O–H groups in total. The van der Waals surface area contributed by atoms with Gasteiger partial charge < -0.3 is 5.11 Å². The van der Waals surface area contributed by atoms with E-state index in [0.29, 0.717) is 10.3 Å². The van der Waals surface area contributed by atoms with Crippen LogP contribution in [0, 0.1) is 5.92 Å². The molecule has 0 bridgehead atoms. The molecule has 96 valence electrons. The summed E-state index contributed by atoms with van der Waals surface area (Å²) >= 11 is 7.33. The summed E-state index contributed by atoms with van der Waals surface area (Å²) in [6, 6.07) is 11.9. The van der Waals surface area contributed by atoms with Crippen LogP contribution in [-0.2, 0) is 6.42 Å². The molecule has 1 heterocycles. The Morgan fingerprint density at radius 3 is 2.61 bits per heavy atom. The molecule has 1 aromatic carbocycles.